The van der Waals surface area contributed by atoms with E-state index in [4.69, 9.17) is 0 Å². The third-order valence-corrected chi connectivity index (χ3v) is 2.88. The quantitative estimate of drug-likeness (QED) is 0.327. The fourth-order valence-electron chi connectivity index (χ4n) is 1.68. The zero-order chi connectivity index (χ0) is 12.1. The maximum Gasteiger partial charge on any atom is 0.329 e. The molecule has 0 heterocycles. The van der Waals surface area contributed by atoms with Gasteiger partial charge in [0.25, 0.3) is 0 Å². The first-order valence-corrected chi connectivity index (χ1v) is 6.04. The van der Waals surface area contributed by atoms with Gasteiger partial charge in [0.05, 0.1) is 0 Å². The Kier molecular flexibility index (Phi) is 3.90. The van der Waals surface area contributed by atoms with Crippen molar-refractivity contribution in [2.75, 3.05) is 0 Å². The topological polar surface area (TPSA) is 70.6 Å². The Hall–Kier alpha value is -1.65. The van der Waals surface area contributed by atoms with E-state index in [0.717, 1.165) is 32.1 Å². The van der Waals surface area contributed by atoms with E-state index >= 15 is 0 Å². The summed E-state index contributed by atoms with van der Waals surface area (Å²) in [6, 6.07) is 0.195. The Morgan fingerprint density at radius 2 is 2.00 bits per heavy atom. The second-order valence-corrected chi connectivity index (χ2v) is 4.51. The first kappa shape index (κ1) is 11.8. The molecular weight excluding hydrogens is 218 g/mol. The van der Waals surface area contributed by atoms with Crippen LogP contribution in [0.5, 0.6) is 0 Å². The molecule has 0 bridgehead atoms. The van der Waals surface area contributed by atoms with Crippen molar-refractivity contribution in [2.24, 2.45) is 11.0 Å². The number of allylic oxidation sites excluding steroid dienone is 2. The van der Waals surface area contributed by atoms with Crippen LogP contribution in [0.15, 0.2) is 17.3 Å². The van der Waals surface area contributed by atoms with Crippen molar-refractivity contribution in [3.05, 3.63) is 12.2 Å². The lowest BCUT2D eigenvalue weighted by Crippen LogP contribution is -2.38. The van der Waals surface area contributed by atoms with Crippen molar-refractivity contribution in [3.63, 3.8) is 0 Å². The predicted octanol–water partition coefficient (Wildman–Crippen LogP) is 0.723. The summed E-state index contributed by atoms with van der Waals surface area (Å²) < 4.78 is 0. The molecule has 0 spiro atoms. The molecule has 0 saturated heterocycles. The fraction of sp³-hybridized carbons (Fsp3) is 0.583. The molecular formula is C12H17N3O2. The van der Waals surface area contributed by atoms with Crippen molar-refractivity contribution in [1.82, 2.24) is 10.7 Å². The van der Waals surface area contributed by atoms with Crippen LogP contribution < -0.4 is 10.7 Å². The van der Waals surface area contributed by atoms with Crippen molar-refractivity contribution in [1.29, 1.82) is 0 Å². The van der Waals surface area contributed by atoms with Crippen molar-refractivity contribution in [3.8, 4) is 0 Å². The molecule has 5 nitrogen and oxygen atoms in total. The van der Waals surface area contributed by atoms with Gasteiger partial charge in [-0.05, 0) is 38.0 Å². The summed E-state index contributed by atoms with van der Waals surface area (Å²) in [5, 5.41) is 6.43. The number of nitrogens with one attached hydrogen (secondary N) is 2. The molecule has 1 fully saturated rings. The molecule has 2 amide bonds. The standard InChI is InChI=1S/C12H17N3O2/c16-11(14-10-6-7-10)12(17)15-13-8-9-4-2-1-3-5-9/h1-2,8-10H,3-7H2,(H,14,16)(H,15,17). The van der Waals surface area contributed by atoms with Crippen LogP contribution in [0.2, 0.25) is 0 Å². The number of carbonyl (C=O) groups is 2. The van der Waals surface area contributed by atoms with Crippen molar-refractivity contribution in [2.45, 2.75) is 38.1 Å². The van der Waals surface area contributed by atoms with E-state index in [2.05, 4.69) is 28.0 Å². The second-order valence-electron chi connectivity index (χ2n) is 4.51. The van der Waals surface area contributed by atoms with Crippen LogP contribution in [-0.2, 0) is 9.59 Å². The van der Waals surface area contributed by atoms with Gasteiger partial charge in [0, 0.05) is 12.3 Å². The number of rotatable bonds is 3. The third-order valence-electron chi connectivity index (χ3n) is 2.88. The Morgan fingerprint density at radius 3 is 2.65 bits per heavy atom. The smallest absolute Gasteiger partial charge is 0.329 e. The summed E-state index contributed by atoms with van der Waals surface area (Å²) in [7, 11) is 0. The number of hydrogen-bond donors (Lipinski definition) is 2. The Morgan fingerprint density at radius 1 is 1.18 bits per heavy atom. The highest BCUT2D eigenvalue weighted by atomic mass is 16.2. The first-order chi connectivity index (χ1) is 8.25. The molecule has 2 aliphatic carbocycles. The van der Waals surface area contributed by atoms with Gasteiger partial charge >= 0.3 is 11.8 Å². The minimum atomic E-state index is -0.681. The number of nitrogens with zero attached hydrogens (tertiary/aromatic N) is 1. The number of carbonyl (C=O) groups excluding carboxylic acids is 2. The van der Waals surface area contributed by atoms with E-state index < -0.39 is 11.8 Å². The molecule has 5 heteroatoms. The zero-order valence-electron chi connectivity index (χ0n) is 9.69. The average Bonchev–Trinajstić information content (AvgIpc) is 3.14. The van der Waals surface area contributed by atoms with Crippen LogP contribution in [0.25, 0.3) is 0 Å². The molecule has 0 aromatic heterocycles. The fourth-order valence-corrected chi connectivity index (χ4v) is 1.68. The number of amides is 2. The maximum atomic E-state index is 11.3. The van der Waals surface area contributed by atoms with Crippen LogP contribution in [0, 0.1) is 5.92 Å². The normalized spacial score (nSPS) is 23.6. The zero-order valence-corrected chi connectivity index (χ0v) is 9.69. The highest BCUT2D eigenvalue weighted by Crippen LogP contribution is 2.18. The van der Waals surface area contributed by atoms with Gasteiger partial charge < -0.3 is 5.32 Å². The van der Waals surface area contributed by atoms with Gasteiger partial charge in [-0.1, -0.05) is 12.2 Å². The summed E-state index contributed by atoms with van der Waals surface area (Å²) >= 11 is 0. The lowest BCUT2D eigenvalue weighted by molar-refractivity contribution is -0.139. The van der Waals surface area contributed by atoms with Gasteiger partial charge in [0.2, 0.25) is 0 Å². The van der Waals surface area contributed by atoms with Gasteiger partial charge in [-0.25, -0.2) is 5.43 Å². The minimum absolute atomic E-state index is 0.195. The van der Waals surface area contributed by atoms with Crippen molar-refractivity contribution >= 4 is 18.0 Å². The SMILES string of the molecule is O=C(NN=CC1CC=CCC1)C(=O)NC1CC1. The van der Waals surface area contributed by atoms with E-state index in [1.54, 1.807) is 6.21 Å². The van der Waals surface area contributed by atoms with Crippen LogP contribution in [0.1, 0.15) is 32.1 Å². The molecule has 1 unspecified atom stereocenters. The molecule has 17 heavy (non-hydrogen) atoms. The molecule has 0 aromatic rings. The van der Waals surface area contributed by atoms with E-state index in [1.165, 1.54) is 0 Å². The number of hydrogen-bond acceptors (Lipinski definition) is 3. The number of hydrazone groups is 1. The van der Waals surface area contributed by atoms with E-state index in [0.29, 0.717) is 5.92 Å². The molecule has 2 aliphatic rings. The molecule has 2 N–H and O–H groups in total. The summed E-state index contributed by atoms with van der Waals surface area (Å²) in [6.07, 6.45) is 11.0. The van der Waals surface area contributed by atoms with Gasteiger partial charge in [-0.15, -0.1) is 0 Å². The Labute approximate surface area is 100 Å². The van der Waals surface area contributed by atoms with Gasteiger partial charge in [-0.2, -0.15) is 5.10 Å². The summed E-state index contributed by atoms with van der Waals surface area (Å²) in [5.74, 6) is -0.903. The van der Waals surface area contributed by atoms with E-state index in [1.807, 2.05) is 0 Å². The lowest BCUT2D eigenvalue weighted by Gasteiger charge is -2.11. The third kappa shape index (κ3) is 4.01. The highest BCUT2D eigenvalue weighted by molar-refractivity contribution is 6.35. The predicted molar refractivity (Wildman–Crippen MR) is 64.3 cm³/mol. The summed E-state index contributed by atoms with van der Waals surface area (Å²) in [6.45, 7) is 0. The molecule has 92 valence electrons. The molecule has 0 aromatic carbocycles. The molecule has 2 rings (SSSR count). The van der Waals surface area contributed by atoms with Gasteiger partial charge in [0.15, 0.2) is 0 Å². The van der Waals surface area contributed by atoms with E-state index in [9.17, 15) is 9.59 Å². The second kappa shape index (κ2) is 5.61. The lowest BCUT2D eigenvalue weighted by atomic mass is 9.96. The molecule has 1 atom stereocenters. The van der Waals surface area contributed by atoms with Gasteiger partial charge in [-0.3, -0.25) is 9.59 Å². The summed E-state index contributed by atoms with van der Waals surface area (Å²) in [4.78, 5) is 22.6. The maximum absolute atomic E-state index is 11.3. The molecule has 1 saturated carbocycles. The van der Waals surface area contributed by atoms with Crippen LogP contribution in [0.3, 0.4) is 0 Å². The molecule has 0 radical (unpaired) electrons. The van der Waals surface area contributed by atoms with Gasteiger partial charge in [0.1, 0.15) is 0 Å². The largest absolute Gasteiger partial charge is 0.345 e. The van der Waals surface area contributed by atoms with Crippen molar-refractivity contribution < 1.29 is 9.59 Å². The monoisotopic (exact) mass is 235 g/mol. The average molecular weight is 235 g/mol. The highest BCUT2D eigenvalue weighted by Gasteiger charge is 2.26. The minimum Gasteiger partial charge on any atom is -0.345 e. The molecule has 0 aliphatic heterocycles. The Balaban J connectivity index is 1.68. The first-order valence-electron chi connectivity index (χ1n) is 6.04. The van der Waals surface area contributed by atoms with Crippen LogP contribution in [-0.4, -0.2) is 24.1 Å². The summed E-state index contributed by atoms with van der Waals surface area (Å²) in [5.41, 5.74) is 2.26. The Bertz CT molecular complexity index is 359. The van der Waals surface area contributed by atoms with E-state index in [-0.39, 0.29) is 6.04 Å². The van der Waals surface area contributed by atoms with Crippen LogP contribution in [0.4, 0.5) is 0 Å². The van der Waals surface area contributed by atoms with Crippen LogP contribution >= 0.6 is 0 Å².